The zero-order valence-electron chi connectivity index (χ0n) is 26.9. The molecule has 0 aliphatic carbocycles. The van der Waals surface area contributed by atoms with E-state index in [9.17, 15) is 34.7 Å². The number of benzene rings is 4. The Morgan fingerprint density at radius 3 is 2.49 bits per heavy atom. The molecule has 0 spiro atoms. The number of carbonyl (C=O) groups excluding carboxylic acids is 3. The number of anilines is 2. The van der Waals surface area contributed by atoms with E-state index in [0.29, 0.717) is 35.5 Å². The average molecular weight is 661 g/mol. The lowest BCUT2D eigenvalue weighted by Crippen LogP contribution is -2.46. The number of nitrogens with zero attached hydrogens (tertiary/aromatic N) is 3. The van der Waals surface area contributed by atoms with Crippen molar-refractivity contribution < 1.29 is 29.5 Å². The normalized spacial score (nSPS) is 19.0. The van der Waals surface area contributed by atoms with Crippen LogP contribution < -0.4 is 10.2 Å². The highest BCUT2D eigenvalue weighted by atomic mass is 16.6. The van der Waals surface area contributed by atoms with Crippen LogP contribution in [0.5, 0.6) is 0 Å². The minimum absolute atomic E-state index is 0.0227. The molecule has 49 heavy (non-hydrogen) atoms. The van der Waals surface area contributed by atoms with Gasteiger partial charge in [-0.2, -0.15) is 0 Å². The Bertz CT molecular complexity index is 1950. The van der Waals surface area contributed by atoms with Crippen LogP contribution in [-0.2, 0) is 34.7 Å². The van der Waals surface area contributed by atoms with E-state index in [-0.39, 0.29) is 48.7 Å². The predicted molar refractivity (Wildman–Crippen MR) is 184 cm³/mol. The molecular weight excluding hydrogens is 624 g/mol. The van der Waals surface area contributed by atoms with Crippen LogP contribution >= 0.6 is 0 Å². The fraction of sp³-hybridized carbons (Fsp3) is 0.237. The number of hydrogen-bond donors (Lipinski definition) is 3. The molecule has 0 saturated carbocycles. The first-order valence-electron chi connectivity index (χ1n) is 16.0. The standard InChI is InChI=1S/C38H36N4O7/c1-25(9-7-16-35(44)40-23-29-14-6-5-13-28(29)20-32(40)24-43)38(47)33-21-31(42(48)49)17-18-34(33)41(37(38)46)22-26-10-8-15-30(19-26)39-36(45)27-11-3-2-4-12-27/h2-15,17-19,21,25,32,43,47H,16,20,22-24H2,1H3,(H,39,45)/b9-7+/t25-,32-,38+/m0/s1. The van der Waals surface area contributed by atoms with Gasteiger partial charge in [-0.15, -0.1) is 0 Å². The third-order valence-electron chi connectivity index (χ3n) is 9.29. The number of hydrogen-bond acceptors (Lipinski definition) is 7. The summed E-state index contributed by atoms with van der Waals surface area (Å²) in [6.07, 6.45) is 3.68. The van der Waals surface area contributed by atoms with Gasteiger partial charge in [0.1, 0.15) is 0 Å². The number of aliphatic hydroxyl groups is 2. The molecule has 3 N–H and O–H groups in total. The van der Waals surface area contributed by atoms with E-state index in [4.69, 9.17) is 0 Å². The molecule has 4 aromatic rings. The van der Waals surface area contributed by atoms with Crippen molar-refractivity contribution in [1.29, 1.82) is 0 Å². The number of rotatable bonds is 10. The van der Waals surface area contributed by atoms with Gasteiger partial charge in [-0.25, -0.2) is 0 Å². The lowest BCUT2D eigenvalue weighted by atomic mass is 9.82. The van der Waals surface area contributed by atoms with E-state index in [1.807, 2.05) is 30.3 Å². The van der Waals surface area contributed by atoms with Gasteiger partial charge in [0.05, 0.1) is 29.8 Å². The molecule has 0 saturated heterocycles. The van der Waals surface area contributed by atoms with Gasteiger partial charge in [-0.1, -0.05) is 73.7 Å². The molecule has 0 fully saturated rings. The molecule has 250 valence electrons. The van der Waals surface area contributed by atoms with E-state index < -0.39 is 22.3 Å². The summed E-state index contributed by atoms with van der Waals surface area (Å²) in [7, 11) is 0. The van der Waals surface area contributed by atoms with E-state index in [1.165, 1.54) is 23.1 Å². The summed E-state index contributed by atoms with van der Waals surface area (Å²) in [6.45, 7) is 1.84. The van der Waals surface area contributed by atoms with Crippen LogP contribution in [0.4, 0.5) is 17.1 Å². The first-order valence-corrected chi connectivity index (χ1v) is 16.0. The number of carbonyl (C=O) groups is 3. The molecule has 0 aromatic heterocycles. The lowest BCUT2D eigenvalue weighted by Gasteiger charge is -2.36. The van der Waals surface area contributed by atoms with Gasteiger partial charge in [0.25, 0.3) is 17.5 Å². The van der Waals surface area contributed by atoms with E-state index in [2.05, 4.69) is 5.32 Å². The number of nitro groups is 1. The molecule has 2 aliphatic rings. The fourth-order valence-electron chi connectivity index (χ4n) is 6.60. The third-order valence-corrected chi connectivity index (χ3v) is 9.29. The molecule has 3 amide bonds. The summed E-state index contributed by atoms with van der Waals surface area (Å²) in [4.78, 5) is 54.3. The van der Waals surface area contributed by atoms with Crippen molar-refractivity contribution in [2.45, 2.75) is 44.5 Å². The Morgan fingerprint density at radius 1 is 1.02 bits per heavy atom. The van der Waals surface area contributed by atoms with Gasteiger partial charge in [0.2, 0.25) is 5.91 Å². The van der Waals surface area contributed by atoms with E-state index >= 15 is 0 Å². The van der Waals surface area contributed by atoms with Crippen molar-refractivity contribution >= 4 is 34.8 Å². The van der Waals surface area contributed by atoms with Crippen LogP contribution in [0.1, 0.15) is 46.0 Å². The second-order valence-corrected chi connectivity index (χ2v) is 12.4. The van der Waals surface area contributed by atoms with Crippen molar-refractivity contribution in [3.8, 4) is 0 Å². The molecule has 2 aliphatic heterocycles. The lowest BCUT2D eigenvalue weighted by molar-refractivity contribution is -0.385. The highest BCUT2D eigenvalue weighted by Gasteiger charge is 2.53. The fourth-order valence-corrected chi connectivity index (χ4v) is 6.60. The Kier molecular flexibility index (Phi) is 9.39. The minimum Gasteiger partial charge on any atom is -0.394 e. The third kappa shape index (κ3) is 6.58. The summed E-state index contributed by atoms with van der Waals surface area (Å²) < 4.78 is 0. The predicted octanol–water partition coefficient (Wildman–Crippen LogP) is 5.11. The number of amides is 3. The number of nitrogens with one attached hydrogen (secondary N) is 1. The Labute approximate surface area is 283 Å². The van der Waals surface area contributed by atoms with E-state index in [1.54, 1.807) is 72.5 Å². The largest absolute Gasteiger partial charge is 0.394 e. The maximum atomic E-state index is 14.1. The smallest absolute Gasteiger partial charge is 0.269 e. The van der Waals surface area contributed by atoms with Crippen LogP contribution in [0.3, 0.4) is 0 Å². The molecule has 0 bridgehead atoms. The molecule has 11 heteroatoms. The van der Waals surface area contributed by atoms with Gasteiger partial charge >= 0.3 is 0 Å². The minimum atomic E-state index is -2.16. The highest BCUT2D eigenvalue weighted by Crippen LogP contribution is 2.47. The second-order valence-electron chi connectivity index (χ2n) is 12.4. The quantitative estimate of drug-likeness (QED) is 0.121. The van der Waals surface area contributed by atoms with Crippen LogP contribution in [0.15, 0.2) is 109 Å². The summed E-state index contributed by atoms with van der Waals surface area (Å²) in [5.74, 6) is -2.04. The van der Waals surface area contributed by atoms with Gasteiger partial charge < -0.3 is 25.3 Å². The zero-order valence-corrected chi connectivity index (χ0v) is 26.9. The van der Waals surface area contributed by atoms with Gasteiger partial charge in [-0.05, 0) is 53.4 Å². The Balaban J connectivity index is 1.22. The topological polar surface area (TPSA) is 153 Å². The molecule has 11 nitrogen and oxygen atoms in total. The average Bonchev–Trinajstić information content (AvgIpc) is 3.33. The van der Waals surface area contributed by atoms with Crippen LogP contribution in [-0.4, -0.2) is 50.4 Å². The van der Waals surface area contributed by atoms with Gasteiger partial charge in [0, 0.05) is 47.8 Å². The summed E-state index contributed by atoms with van der Waals surface area (Å²) >= 11 is 0. The molecule has 0 unspecified atom stereocenters. The zero-order chi connectivity index (χ0) is 34.7. The van der Waals surface area contributed by atoms with Crippen molar-refractivity contribution in [3.05, 3.63) is 147 Å². The van der Waals surface area contributed by atoms with E-state index in [0.717, 1.165) is 11.1 Å². The first kappa shape index (κ1) is 33.3. The molecule has 4 aromatic carbocycles. The van der Waals surface area contributed by atoms with Crippen LogP contribution in [0.2, 0.25) is 0 Å². The molecule has 0 radical (unpaired) electrons. The number of aliphatic hydroxyl groups excluding tert-OH is 1. The molecule has 2 heterocycles. The van der Waals surface area contributed by atoms with Crippen molar-refractivity contribution in [1.82, 2.24) is 4.90 Å². The molecule has 6 rings (SSSR count). The summed E-state index contributed by atoms with van der Waals surface area (Å²) in [5.41, 5.74) is 1.76. The van der Waals surface area contributed by atoms with Gasteiger partial charge in [-0.3, -0.25) is 24.5 Å². The number of fused-ring (bicyclic) bond motifs is 2. The van der Waals surface area contributed by atoms with Crippen LogP contribution in [0.25, 0.3) is 0 Å². The van der Waals surface area contributed by atoms with Crippen molar-refractivity contribution in [3.63, 3.8) is 0 Å². The number of nitro benzene ring substituents is 1. The number of non-ortho nitro benzene ring substituents is 1. The highest BCUT2D eigenvalue weighted by molar-refractivity contribution is 6.07. The Morgan fingerprint density at radius 2 is 1.76 bits per heavy atom. The summed E-state index contributed by atoms with van der Waals surface area (Å²) in [5, 5.41) is 36.6. The molecule has 3 atom stereocenters. The van der Waals surface area contributed by atoms with Crippen molar-refractivity contribution in [2.75, 3.05) is 16.8 Å². The maximum absolute atomic E-state index is 14.1. The summed E-state index contributed by atoms with van der Waals surface area (Å²) in [6, 6.07) is 27.1. The molecular formula is C38H36N4O7. The Hall–Kier alpha value is -5.65. The monoisotopic (exact) mass is 660 g/mol. The van der Waals surface area contributed by atoms with Crippen LogP contribution in [0, 0.1) is 16.0 Å². The first-order chi connectivity index (χ1) is 23.6. The van der Waals surface area contributed by atoms with Crippen molar-refractivity contribution in [2.24, 2.45) is 5.92 Å². The van der Waals surface area contributed by atoms with Gasteiger partial charge in [0.15, 0.2) is 5.60 Å². The maximum Gasteiger partial charge on any atom is 0.269 e. The SMILES string of the molecule is C[C@@H](/C=C/CC(=O)N1Cc2ccccc2C[C@H]1CO)[C@]1(O)C(=O)N(Cc2cccc(NC(=O)c3ccccc3)c2)c2ccc([N+](=O)[O-])cc21. The second kappa shape index (κ2) is 13.8.